The van der Waals surface area contributed by atoms with E-state index in [2.05, 4.69) is 15.3 Å². The van der Waals surface area contributed by atoms with Crippen molar-refractivity contribution in [3.05, 3.63) is 41.9 Å². The van der Waals surface area contributed by atoms with Crippen LogP contribution in [0.1, 0.15) is 41.7 Å². The van der Waals surface area contributed by atoms with Gasteiger partial charge in [-0.3, -0.25) is 9.59 Å². The van der Waals surface area contributed by atoms with E-state index in [0.29, 0.717) is 38.3 Å². The molecule has 0 aliphatic carbocycles. The molecule has 2 aliphatic heterocycles. The summed E-state index contributed by atoms with van der Waals surface area (Å²) in [6, 6.07) is 5.01. The van der Waals surface area contributed by atoms with Crippen molar-refractivity contribution < 1.29 is 18.0 Å². The van der Waals surface area contributed by atoms with Crippen LogP contribution in [0.15, 0.2) is 35.5 Å². The Morgan fingerprint density at radius 1 is 1.16 bits per heavy atom. The first-order valence-corrected chi connectivity index (χ1v) is 12.0. The molecular weight excluding hydrogens is 418 g/mol. The number of aromatic amines is 1. The summed E-state index contributed by atoms with van der Waals surface area (Å²) in [5.41, 5.74) is 1.25. The summed E-state index contributed by atoms with van der Waals surface area (Å²) in [7, 11) is -3.81. The fourth-order valence-corrected chi connectivity index (χ4v) is 5.61. The number of carbonyl (C=O) groups is 2. The van der Waals surface area contributed by atoms with Crippen LogP contribution in [0.3, 0.4) is 0 Å². The van der Waals surface area contributed by atoms with E-state index < -0.39 is 15.9 Å². The molecule has 166 valence electrons. The number of sulfonamides is 1. The van der Waals surface area contributed by atoms with Crippen molar-refractivity contribution >= 4 is 27.7 Å². The van der Waals surface area contributed by atoms with E-state index in [1.54, 1.807) is 17.2 Å². The fraction of sp³-hybridized carbons (Fsp3) is 0.476. The van der Waals surface area contributed by atoms with Crippen molar-refractivity contribution in [2.45, 2.75) is 37.5 Å². The number of anilines is 1. The van der Waals surface area contributed by atoms with Crippen LogP contribution in [0.5, 0.6) is 0 Å². The van der Waals surface area contributed by atoms with Gasteiger partial charge in [-0.2, -0.15) is 4.31 Å². The van der Waals surface area contributed by atoms with Crippen LogP contribution in [0.25, 0.3) is 0 Å². The first-order valence-electron chi connectivity index (χ1n) is 10.6. The molecule has 0 spiro atoms. The molecular formula is C21H27N5O4S. The largest absolute Gasteiger partial charge is 0.356 e. The molecule has 1 atom stereocenters. The van der Waals surface area contributed by atoms with Crippen LogP contribution in [0.4, 0.5) is 5.82 Å². The lowest BCUT2D eigenvalue weighted by Crippen LogP contribution is -2.43. The Morgan fingerprint density at radius 2 is 1.94 bits per heavy atom. The van der Waals surface area contributed by atoms with Gasteiger partial charge in [0.25, 0.3) is 5.91 Å². The molecule has 31 heavy (non-hydrogen) atoms. The van der Waals surface area contributed by atoms with Crippen molar-refractivity contribution in [1.29, 1.82) is 0 Å². The third-order valence-electron chi connectivity index (χ3n) is 5.84. The summed E-state index contributed by atoms with van der Waals surface area (Å²) < 4.78 is 27.6. The van der Waals surface area contributed by atoms with Gasteiger partial charge in [-0.15, -0.1) is 0 Å². The Labute approximate surface area is 181 Å². The number of amides is 2. The van der Waals surface area contributed by atoms with Gasteiger partial charge in [0.2, 0.25) is 15.9 Å². The van der Waals surface area contributed by atoms with Crippen LogP contribution in [-0.2, 0) is 14.8 Å². The average Bonchev–Trinajstić information content (AvgIpc) is 3.46. The number of H-pyrrole nitrogens is 1. The summed E-state index contributed by atoms with van der Waals surface area (Å²) in [5.74, 6) is -0.423. The van der Waals surface area contributed by atoms with Crippen LogP contribution >= 0.6 is 0 Å². The van der Waals surface area contributed by atoms with E-state index in [0.717, 1.165) is 18.4 Å². The zero-order valence-electron chi connectivity index (χ0n) is 17.5. The molecule has 0 aromatic carbocycles. The highest BCUT2D eigenvalue weighted by atomic mass is 32.2. The maximum atomic E-state index is 13.2. The molecule has 0 bridgehead atoms. The van der Waals surface area contributed by atoms with E-state index in [1.807, 2.05) is 13.0 Å². The number of aromatic nitrogens is 2. The second-order valence-electron chi connectivity index (χ2n) is 8.16. The average molecular weight is 446 g/mol. The number of hydrogen-bond donors (Lipinski definition) is 2. The molecule has 2 aromatic rings. The first kappa shape index (κ1) is 21.5. The maximum absolute atomic E-state index is 13.2. The number of carbonyl (C=O) groups excluding carboxylic acids is 2. The molecule has 9 nitrogen and oxygen atoms in total. The summed E-state index contributed by atoms with van der Waals surface area (Å²) in [6.45, 7) is 3.74. The Balaban J connectivity index is 1.44. The number of pyridine rings is 1. The second kappa shape index (κ2) is 8.80. The summed E-state index contributed by atoms with van der Waals surface area (Å²) in [5, 5.41) is 2.79. The van der Waals surface area contributed by atoms with E-state index in [-0.39, 0.29) is 28.9 Å². The minimum absolute atomic E-state index is 0.0523. The molecule has 2 saturated heterocycles. The minimum Gasteiger partial charge on any atom is -0.356 e. The number of aryl methyl sites for hydroxylation is 1. The zero-order valence-corrected chi connectivity index (χ0v) is 18.3. The van der Waals surface area contributed by atoms with E-state index in [4.69, 9.17) is 0 Å². The van der Waals surface area contributed by atoms with Crippen LogP contribution in [0.2, 0.25) is 0 Å². The summed E-state index contributed by atoms with van der Waals surface area (Å²) >= 11 is 0. The third-order valence-corrected chi connectivity index (χ3v) is 7.68. The van der Waals surface area contributed by atoms with Crippen molar-refractivity contribution in [3.8, 4) is 0 Å². The number of rotatable bonds is 5. The smallest absolute Gasteiger partial charge is 0.270 e. The lowest BCUT2D eigenvalue weighted by atomic mass is 9.99. The number of nitrogens with one attached hydrogen (secondary N) is 2. The van der Waals surface area contributed by atoms with Crippen molar-refractivity contribution in [1.82, 2.24) is 19.2 Å². The zero-order chi connectivity index (χ0) is 22.0. The molecule has 4 heterocycles. The molecule has 2 amide bonds. The Kier molecular flexibility index (Phi) is 6.10. The lowest BCUT2D eigenvalue weighted by molar-refractivity contribution is -0.120. The SMILES string of the molecule is Cc1ccnc(NC(=O)C2CCCN(S(=O)(=O)c3c[nH]c(C(=O)N4CCCC4)c3)C2)c1. The lowest BCUT2D eigenvalue weighted by Gasteiger charge is -2.30. The molecule has 0 saturated carbocycles. The van der Waals surface area contributed by atoms with Gasteiger partial charge in [0.1, 0.15) is 16.4 Å². The van der Waals surface area contributed by atoms with E-state index in [9.17, 15) is 18.0 Å². The molecule has 10 heteroatoms. The molecule has 2 aromatic heterocycles. The highest BCUT2D eigenvalue weighted by molar-refractivity contribution is 7.89. The van der Waals surface area contributed by atoms with Crippen molar-refractivity contribution in [3.63, 3.8) is 0 Å². The van der Waals surface area contributed by atoms with Crippen LogP contribution in [-0.4, -0.2) is 65.6 Å². The predicted molar refractivity (Wildman–Crippen MR) is 115 cm³/mol. The number of nitrogens with zero attached hydrogens (tertiary/aromatic N) is 3. The number of piperidine rings is 1. The first-order chi connectivity index (χ1) is 14.8. The molecule has 1 unspecified atom stereocenters. The maximum Gasteiger partial charge on any atom is 0.270 e. The van der Waals surface area contributed by atoms with Gasteiger partial charge in [-0.1, -0.05) is 0 Å². The number of likely N-dealkylation sites (tertiary alicyclic amines) is 1. The molecule has 2 fully saturated rings. The summed E-state index contributed by atoms with van der Waals surface area (Å²) in [4.78, 5) is 34.0. The van der Waals surface area contributed by atoms with Gasteiger partial charge in [0, 0.05) is 38.6 Å². The normalized spacial score (nSPS) is 20.0. The Bertz CT molecular complexity index is 1070. The molecule has 0 radical (unpaired) electrons. The molecule has 2 N–H and O–H groups in total. The van der Waals surface area contributed by atoms with E-state index >= 15 is 0 Å². The van der Waals surface area contributed by atoms with Gasteiger partial charge >= 0.3 is 0 Å². The van der Waals surface area contributed by atoms with Gasteiger partial charge < -0.3 is 15.2 Å². The van der Waals surface area contributed by atoms with Crippen molar-refractivity contribution in [2.75, 3.05) is 31.5 Å². The van der Waals surface area contributed by atoms with Gasteiger partial charge in [-0.05, 0) is 56.4 Å². The highest BCUT2D eigenvalue weighted by Crippen LogP contribution is 2.26. The van der Waals surface area contributed by atoms with Gasteiger partial charge in [-0.25, -0.2) is 13.4 Å². The quantitative estimate of drug-likeness (QED) is 0.730. The topological polar surface area (TPSA) is 115 Å². The Morgan fingerprint density at radius 3 is 2.68 bits per heavy atom. The van der Waals surface area contributed by atoms with Crippen molar-refractivity contribution in [2.24, 2.45) is 5.92 Å². The van der Waals surface area contributed by atoms with Gasteiger partial charge in [0.05, 0.1) is 5.92 Å². The fourth-order valence-electron chi connectivity index (χ4n) is 4.09. The summed E-state index contributed by atoms with van der Waals surface area (Å²) in [6.07, 6.45) is 6.10. The number of hydrogen-bond acceptors (Lipinski definition) is 5. The second-order valence-corrected chi connectivity index (χ2v) is 10.1. The highest BCUT2D eigenvalue weighted by Gasteiger charge is 2.34. The third kappa shape index (κ3) is 4.64. The van der Waals surface area contributed by atoms with Crippen LogP contribution in [0, 0.1) is 12.8 Å². The Hall–Kier alpha value is -2.72. The molecule has 4 rings (SSSR count). The van der Waals surface area contributed by atoms with Crippen LogP contribution < -0.4 is 5.32 Å². The van der Waals surface area contributed by atoms with Gasteiger partial charge in [0.15, 0.2) is 0 Å². The van der Waals surface area contributed by atoms with E-state index in [1.165, 1.54) is 16.6 Å². The monoisotopic (exact) mass is 445 g/mol. The standard InChI is InChI=1S/C21H27N5O4S/c1-15-6-7-22-19(11-15)24-20(27)16-5-4-10-26(14-16)31(29,30)17-12-18(23-13-17)21(28)25-8-2-3-9-25/h6-7,11-13,16,23H,2-5,8-10,14H2,1H3,(H,22,24,27). The predicted octanol–water partition coefficient (Wildman–Crippen LogP) is 1.99. The molecule has 2 aliphatic rings. The minimum atomic E-state index is -3.81.